The first-order valence-corrected chi connectivity index (χ1v) is 4.70. The van der Waals surface area contributed by atoms with Crippen LogP contribution in [0.5, 0.6) is 0 Å². The van der Waals surface area contributed by atoms with Crippen molar-refractivity contribution in [3.63, 3.8) is 0 Å². The van der Waals surface area contributed by atoms with Crippen LogP contribution in [-0.2, 0) is 0 Å². The molecular weight excluding hydrogens is 174 g/mol. The summed E-state index contributed by atoms with van der Waals surface area (Å²) in [5.74, 6) is 0. The van der Waals surface area contributed by atoms with Gasteiger partial charge in [0.25, 0.3) is 0 Å². The third-order valence-electron chi connectivity index (χ3n) is 2.00. The van der Waals surface area contributed by atoms with Crippen molar-refractivity contribution >= 4 is 12.4 Å². The Hall–Kier alpha value is -1.41. The maximum absolute atomic E-state index is 10.8. The Bertz CT molecular complexity index is 342. The SMILES string of the molecule is Cc1ccc(C=CCCN)c(C=O)c1. The molecule has 0 fully saturated rings. The number of nitrogens with two attached hydrogens (primary N) is 1. The summed E-state index contributed by atoms with van der Waals surface area (Å²) in [6.45, 7) is 2.61. The summed E-state index contributed by atoms with van der Waals surface area (Å²) in [6, 6.07) is 5.83. The number of benzene rings is 1. The second-order valence-electron chi connectivity index (χ2n) is 3.23. The van der Waals surface area contributed by atoms with Gasteiger partial charge in [-0.25, -0.2) is 0 Å². The van der Waals surface area contributed by atoms with E-state index < -0.39 is 0 Å². The quantitative estimate of drug-likeness (QED) is 0.737. The van der Waals surface area contributed by atoms with E-state index in [1.165, 1.54) is 0 Å². The predicted molar refractivity (Wildman–Crippen MR) is 59.3 cm³/mol. The standard InChI is InChI=1S/C12H15NO/c1-10-5-6-11(4-2-3-7-13)12(8-10)9-14/h2,4-6,8-9H,3,7,13H2,1H3. The van der Waals surface area contributed by atoms with Gasteiger partial charge in [0.1, 0.15) is 0 Å². The van der Waals surface area contributed by atoms with Crippen molar-refractivity contribution in [1.29, 1.82) is 0 Å². The molecule has 2 heteroatoms. The average Bonchev–Trinajstić information content (AvgIpc) is 2.20. The molecule has 0 saturated carbocycles. The fourth-order valence-corrected chi connectivity index (χ4v) is 1.25. The Balaban J connectivity index is 2.90. The molecule has 2 nitrogen and oxygen atoms in total. The summed E-state index contributed by atoms with van der Waals surface area (Å²) in [6.07, 6.45) is 5.65. The zero-order valence-electron chi connectivity index (χ0n) is 8.36. The van der Waals surface area contributed by atoms with E-state index >= 15 is 0 Å². The highest BCUT2D eigenvalue weighted by molar-refractivity contribution is 5.82. The van der Waals surface area contributed by atoms with E-state index in [0.717, 1.165) is 29.4 Å². The van der Waals surface area contributed by atoms with Gasteiger partial charge >= 0.3 is 0 Å². The number of carbonyl (C=O) groups is 1. The maximum Gasteiger partial charge on any atom is 0.150 e. The van der Waals surface area contributed by atoms with Crippen LogP contribution in [0.3, 0.4) is 0 Å². The van der Waals surface area contributed by atoms with Crippen LogP contribution in [0.1, 0.15) is 27.9 Å². The van der Waals surface area contributed by atoms with E-state index in [1.807, 2.05) is 37.3 Å². The molecule has 0 bridgehead atoms. The van der Waals surface area contributed by atoms with Crippen LogP contribution >= 0.6 is 0 Å². The van der Waals surface area contributed by atoms with Crippen LogP contribution in [0, 0.1) is 6.92 Å². The van der Waals surface area contributed by atoms with Gasteiger partial charge in [-0.05, 0) is 31.5 Å². The first kappa shape index (κ1) is 10.7. The summed E-state index contributed by atoms with van der Waals surface area (Å²) in [7, 11) is 0. The van der Waals surface area contributed by atoms with Gasteiger partial charge in [-0.3, -0.25) is 4.79 Å². The number of aldehydes is 1. The topological polar surface area (TPSA) is 43.1 Å². The molecule has 0 atom stereocenters. The van der Waals surface area contributed by atoms with E-state index in [-0.39, 0.29) is 0 Å². The molecule has 1 aromatic rings. The second-order valence-corrected chi connectivity index (χ2v) is 3.23. The van der Waals surface area contributed by atoms with Crippen molar-refractivity contribution in [3.8, 4) is 0 Å². The third kappa shape index (κ3) is 2.82. The van der Waals surface area contributed by atoms with Crippen molar-refractivity contribution < 1.29 is 4.79 Å². The van der Waals surface area contributed by atoms with Crippen LogP contribution in [0.4, 0.5) is 0 Å². The summed E-state index contributed by atoms with van der Waals surface area (Å²) in [5, 5.41) is 0. The van der Waals surface area contributed by atoms with Gasteiger partial charge in [0.2, 0.25) is 0 Å². The van der Waals surface area contributed by atoms with E-state index in [4.69, 9.17) is 5.73 Å². The molecule has 0 aliphatic carbocycles. The highest BCUT2D eigenvalue weighted by Crippen LogP contribution is 2.11. The Kier molecular flexibility index (Phi) is 4.08. The van der Waals surface area contributed by atoms with Crippen molar-refractivity contribution in [2.45, 2.75) is 13.3 Å². The number of carbonyl (C=O) groups excluding carboxylic acids is 1. The minimum atomic E-state index is 0.638. The van der Waals surface area contributed by atoms with Crippen LogP contribution in [-0.4, -0.2) is 12.8 Å². The Morgan fingerprint density at radius 2 is 2.14 bits per heavy atom. The summed E-state index contributed by atoms with van der Waals surface area (Å²) in [5.41, 5.74) is 8.16. The highest BCUT2D eigenvalue weighted by atomic mass is 16.1. The van der Waals surface area contributed by atoms with Crippen LogP contribution < -0.4 is 5.73 Å². The van der Waals surface area contributed by atoms with Gasteiger partial charge in [0, 0.05) is 5.56 Å². The van der Waals surface area contributed by atoms with Crippen LogP contribution in [0.2, 0.25) is 0 Å². The summed E-state index contributed by atoms with van der Waals surface area (Å²) < 4.78 is 0. The smallest absolute Gasteiger partial charge is 0.150 e. The van der Waals surface area contributed by atoms with Gasteiger partial charge < -0.3 is 5.73 Å². The molecule has 0 aliphatic heterocycles. The molecule has 1 rings (SSSR count). The summed E-state index contributed by atoms with van der Waals surface area (Å²) in [4.78, 5) is 10.8. The fourth-order valence-electron chi connectivity index (χ4n) is 1.25. The third-order valence-corrected chi connectivity index (χ3v) is 2.00. The lowest BCUT2D eigenvalue weighted by Crippen LogP contribution is -1.95. The van der Waals surface area contributed by atoms with E-state index in [1.54, 1.807) is 0 Å². The largest absolute Gasteiger partial charge is 0.330 e. The molecule has 0 spiro atoms. The van der Waals surface area contributed by atoms with E-state index in [9.17, 15) is 4.79 Å². The molecule has 74 valence electrons. The number of hydrogen-bond donors (Lipinski definition) is 1. The maximum atomic E-state index is 10.8. The molecule has 2 N–H and O–H groups in total. The highest BCUT2D eigenvalue weighted by Gasteiger charge is 1.97. The molecule has 0 heterocycles. The minimum Gasteiger partial charge on any atom is -0.330 e. The number of aryl methyl sites for hydroxylation is 1. The Morgan fingerprint density at radius 3 is 2.79 bits per heavy atom. The molecule has 0 aliphatic rings. The lowest BCUT2D eigenvalue weighted by molar-refractivity contribution is 0.112. The van der Waals surface area contributed by atoms with E-state index in [0.29, 0.717) is 6.54 Å². The second kappa shape index (κ2) is 5.35. The molecule has 14 heavy (non-hydrogen) atoms. The molecule has 0 amide bonds. The lowest BCUT2D eigenvalue weighted by atomic mass is 10.0. The average molecular weight is 189 g/mol. The number of rotatable bonds is 4. The molecule has 0 saturated heterocycles. The minimum absolute atomic E-state index is 0.638. The predicted octanol–water partition coefficient (Wildman–Crippen LogP) is 2.17. The first-order chi connectivity index (χ1) is 6.77. The molecular formula is C12H15NO. The van der Waals surface area contributed by atoms with Gasteiger partial charge in [-0.1, -0.05) is 29.8 Å². The van der Waals surface area contributed by atoms with Crippen molar-refractivity contribution in [2.75, 3.05) is 6.54 Å². The molecule has 0 unspecified atom stereocenters. The molecule has 1 aromatic carbocycles. The van der Waals surface area contributed by atoms with Crippen LogP contribution in [0.15, 0.2) is 24.3 Å². The van der Waals surface area contributed by atoms with Gasteiger partial charge in [0.05, 0.1) is 0 Å². The van der Waals surface area contributed by atoms with Crippen LogP contribution in [0.25, 0.3) is 6.08 Å². The monoisotopic (exact) mass is 189 g/mol. The molecule has 0 radical (unpaired) electrons. The van der Waals surface area contributed by atoms with Crippen molar-refractivity contribution in [1.82, 2.24) is 0 Å². The van der Waals surface area contributed by atoms with Gasteiger partial charge in [0.15, 0.2) is 6.29 Å². The van der Waals surface area contributed by atoms with Gasteiger partial charge in [-0.15, -0.1) is 0 Å². The number of hydrogen-bond acceptors (Lipinski definition) is 2. The first-order valence-electron chi connectivity index (χ1n) is 4.70. The molecule has 0 aromatic heterocycles. The zero-order valence-corrected chi connectivity index (χ0v) is 8.36. The van der Waals surface area contributed by atoms with Crippen molar-refractivity contribution in [3.05, 3.63) is 41.0 Å². The normalized spacial score (nSPS) is 10.7. The summed E-state index contributed by atoms with van der Waals surface area (Å²) >= 11 is 0. The van der Waals surface area contributed by atoms with Gasteiger partial charge in [-0.2, -0.15) is 0 Å². The fraction of sp³-hybridized carbons (Fsp3) is 0.250. The Labute approximate surface area is 84.4 Å². The zero-order chi connectivity index (χ0) is 10.4. The van der Waals surface area contributed by atoms with E-state index in [2.05, 4.69) is 0 Å². The van der Waals surface area contributed by atoms with Crippen molar-refractivity contribution in [2.24, 2.45) is 5.73 Å². The Morgan fingerprint density at radius 1 is 1.36 bits per heavy atom. The lowest BCUT2D eigenvalue weighted by Gasteiger charge is -2.00.